The van der Waals surface area contributed by atoms with E-state index in [2.05, 4.69) is 20.5 Å². The van der Waals surface area contributed by atoms with Gasteiger partial charge in [0.25, 0.3) is 0 Å². The van der Waals surface area contributed by atoms with Crippen LogP contribution in [0.5, 0.6) is 0 Å². The molecule has 0 radical (unpaired) electrons. The van der Waals surface area contributed by atoms with Crippen molar-refractivity contribution in [3.05, 3.63) is 40.1 Å². The number of nitrogens with one attached hydrogen (secondary N) is 1. The van der Waals surface area contributed by atoms with Crippen LogP contribution in [0.1, 0.15) is 22.0 Å². The summed E-state index contributed by atoms with van der Waals surface area (Å²) in [5.74, 6) is -0.163. The predicted molar refractivity (Wildman–Crippen MR) is 74.2 cm³/mol. The molecule has 118 valence electrons. The number of carbonyl (C=O) groups is 1. The molecule has 2 aromatic heterocycles. The summed E-state index contributed by atoms with van der Waals surface area (Å²) in [6.07, 6.45) is -0.0321. The summed E-state index contributed by atoms with van der Waals surface area (Å²) in [6.45, 7) is 0.234. The van der Waals surface area contributed by atoms with E-state index in [-0.39, 0.29) is 23.9 Å². The first-order chi connectivity index (χ1) is 10.4. The molecule has 2 aromatic rings. The van der Waals surface area contributed by atoms with Crippen molar-refractivity contribution in [2.24, 2.45) is 0 Å². The van der Waals surface area contributed by atoms with Gasteiger partial charge in [0, 0.05) is 31.8 Å². The molecule has 0 aliphatic carbocycles. The van der Waals surface area contributed by atoms with Crippen molar-refractivity contribution in [3.63, 3.8) is 0 Å². The highest BCUT2D eigenvalue weighted by Crippen LogP contribution is 2.31. The Labute approximate surface area is 128 Å². The first-order valence-electron chi connectivity index (χ1n) is 6.50. The van der Waals surface area contributed by atoms with Gasteiger partial charge in [-0.3, -0.25) is 9.78 Å². The number of nitrogens with zero attached hydrogens (tertiary/aromatic N) is 3. The molecular weight excluding hydrogens is 317 g/mol. The molecule has 0 fully saturated rings. The number of aryl methyl sites for hydroxylation is 1. The minimum Gasteiger partial charge on any atom is -0.356 e. The van der Waals surface area contributed by atoms with Crippen molar-refractivity contribution < 1.29 is 18.0 Å². The molecule has 9 heteroatoms. The number of rotatable bonds is 6. The SMILES string of the molecule is O=C(CCc1cccnc1)NCCc1nnc(C(F)(F)F)s1. The van der Waals surface area contributed by atoms with Gasteiger partial charge < -0.3 is 5.32 Å². The average molecular weight is 330 g/mol. The van der Waals surface area contributed by atoms with Crippen LogP contribution in [0.4, 0.5) is 13.2 Å². The zero-order valence-electron chi connectivity index (χ0n) is 11.4. The molecule has 0 bridgehead atoms. The molecule has 5 nitrogen and oxygen atoms in total. The molecular formula is C13H13F3N4OS. The number of pyridine rings is 1. The van der Waals surface area contributed by atoms with Gasteiger partial charge >= 0.3 is 6.18 Å². The van der Waals surface area contributed by atoms with E-state index in [1.165, 1.54) is 0 Å². The molecule has 0 aliphatic rings. The van der Waals surface area contributed by atoms with Gasteiger partial charge in [0.05, 0.1) is 0 Å². The lowest BCUT2D eigenvalue weighted by molar-refractivity contribution is -0.138. The van der Waals surface area contributed by atoms with Crippen LogP contribution in [0.2, 0.25) is 0 Å². The summed E-state index contributed by atoms with van der Waals surface area (Å²) in [5, 5.41) is 8.48. The maximum Gasteiger partial charge on any atom is 0.445 e. The van der Waals surface area contributed by atoms with Crippen molar-refractivity contribution in [2.45, 2.75) is 25.4 Å². The lowest BCUT2D eigenvalue weighted by Crippen LogP contribution is -2.25. The predicted octanol–water partition coefficient (Wildman–Crippen LogP) is 2.24. The van der Waals surface area contributed by atoms with E-state index in [0.29, 0.717) is 24.2 Å². The Kier molecular flexibility index (Phi) is 5.42. The van der Waals surface area contributed by atoms with Gasteiger partial charge in [-0.2, -0.15) is 13.2 Å². The smallest absolute Gasteiger partial charge is 0.356 e. The van der Waals surface area contributed by atoms with Crippen LogP contribution in [-0.2, 0) is 23.8 Å². The zero-order valence-corrected chi connectivity index (χ0v) is 12.2. The molecule has 1 N–H and O–H groups in total. The summed E-state index contributed by atoms with van der Waals surface area (Å²) in [7, 11) is 0. The fraction of sp³-hybridized carbons (Fsp3) is 0.385. The van der Waals surface area contributed by atoms with Crippen LogP contribution in [0, 0.1) is 0 Å². The summed E-state index contributed by atoms with van der Waals surface area (Å²) < 4.78 is 37.0. The standard InChI is InChI=1S/C13H13F3N4OS/c14-13(15,16)12-20-19-11(22-12)5-7-18-10(21)4-3-9-2-1-6-17-8-9/h1-2,6,8H,3-5,7H2,(H,18,21). The van der Waals surface area contributed by atoms with Gasteiger partial charge in [-0.25, -0.2) is 0 Å². The average Bonchev–Trinajstić information content (AvgIpc) is 2.95. The van der Waals surface area contributed by atoms with Crippen LogP contribution >= 0.6 is 11.3 Å². The summed E-state index contributed by atoms with van der Waals surface area (Å²) in [5.41, 5.74) is 0.955. The highest BCUT2D eigenvalue weighted by molar-refractivity contribution is 7.11. The van der Waals surface area contributed by atoms with Crippen molar-refractivity contribution in [1.29, 1.82) is 0 Å². The van der Waals surface area contributed by atoms with Crippen molar-refractivity contribution in [3.8, 4) is 0 Å². The van der Waals surface area contributed by atoms with Crippen LogP contribution in [0.25, 0.3) is 0 Å². The fourth-order valence-electron chi connectivity index (χ4n) is 1.67. The second kappa shape index (κ2) is 7.30. The number of carbonyl (C=O) groups excluding carboxylic acids is 1. The van der Waals surface area contributed by atoms with Gasteiger partial charge in [0.2, 0.25) is 10.9 Å². The Morgan fingerprint density at radius 3 is 2.73 bits per heavy atom. The van der Waals surface area contributed by atoms with Crippen LogP contribution in [0.15, 0.2) is 24.5 Å². The van der Waals surface area contributed by atoms with Gasteiger partial charge in [0.15, 0.2) is 0 Å². The molecule has 0 aliphatic heterocycles. The van der Waals surface area contributed by atoms with Crippen molar-refractivity contribution in [1.82, 2.24) is 20.5 Å². The lowest BCUT2D eigenvalue weighted by atomic mass is 10.1. The molecule has 0 unspecified atom stereocenters. The highest BCUT2D eigenvalue weighted by atomic mass is 32.1. The van der Waals surface area contributed by atoms with Crippen LogP contribution in [0.3, 0.4) is 0 Å². The fourth-order valence-corrected chi connectivity index (χ4v) is 2.38. The molecule has 2 rings (SSSR count). The molecule has 0 aromatic carbocycles. The van der Waals surface area contributed by atoms with E-state index in [0.717, 1.165) is 5.56 Å². The number of hydrogen-bond acceptors (Lipinski definition) is 5. The molecule has 1 amide bonds. The van der Waals surface area contributed by atoms with E-state index >= 15 is 0 Å². The largest absolute Gasteiger partial charge is 0.445 e. The second-order valence-corrected chi connectivity index (χ2v) is 5.52. The third-order valence-corrected chi connectivity index (χ3v) is 3.76. The maximum absolute atomic E-state index is 12.3. The van der Waals surface area contributed by atoms with E-state index in [1.54, 1.807) is 18.5 Å². The molecule has 2 heterocycles. The number of amides is 1. The van der Waals surface area contributed by atoms with Crippen molar-refractivity contribution >= 4 is 17.2 Å². The van der Waals surface area contributed by atoms with E-state index in [4.69, 9.17) is 0 Å². The van der Waals surface area contributed by atoms with Crippen LogP contribution in [-0.4, -0.2) is 27.6 Å². The number of alkyl halides is 3. The van der Waals surface area contributed by atoms with Gasteiger partial charge in [0.1, 0.15) is 5.01 Å². The van der Waals surface area contributed by atoms with E-state index in [1.807, 2.05) is 6.07 Å². The van der Waals surface area contributed by atoms with Crippen molar-refractivity contribution in [2.75, 3.05) is 6.54 Å². The highest BCUT2D eigenvalue weighted by Gasteiger charge is 2.35. The Morgan fingerprint density at radius 1 is 1.27 bits per heavy atom. The summed E-state index contributed by atoms with van der Waals surface area (Å²) in [4.78, 5) is 15.6. The number of hydrogen-bond donors (Lipinski definition) is 1. The first-order valence-corrected chi connectivity index (χ1v) is 7.32. The molecule has 0 saturated carbocycles. The monoisotopic (exact) mass is 330 g/mol. The molecule has 22 heavy (non-hydrogen) atoms. The Bertz CT molecular complexity index is 615. The Morgan fingerprint density at radius 2 is 2.09 bits per heavy atom. The van der Waals surface area contributed by atoms with E-state index < -0.39 is 11.2 Å². The molecule has 0 saturated heterocycles. The quantitative estimate of drug-likeness (QED) is 0.882. The minimum absolute atomic E-state index is 0.163. The third kappa shape index (κ3) is 5.06. The van der Waals surface area contributed by atoms with Crippen LogP contribution < -0.4 is 5.32 Å². The third-order valence-electron chi connectivity index (χ3n) is 2.73. The molecule has 0 spiro atoms. The lowest BCUT2D eigenvalue weighted by Gasteiger charge is -2.03. The van der Waals surface area contributed by atoms with Gasteiger partial charge in [-0.15, -0.1) is 10.2 Å². The zero-order chi connectivity index (χ0) is 16.0. The minimum atomic E-state index is -4.47. The topological polar surface area (TPSA) is 67.8 Å². The summed E-state index contributed by atoms with van der Waals surface area (Å²) in [6, 6.07) is 3.67. The van der Waals surface area contributed by atoms with Gasteiger partial charge in [-0.1, -0.05) is 17.4 Å². The molecule has 0 atom stereocenters. The Hall–Kier alpha value is -2.03. The second-order valence-electron chi connectivity index (χ2n) is 4.46. The number of aromatic nitrogens is 3. The normalized spacial score (nSPS) is 11.4. The van der Waals surface area contributed by atoms with Gasteiger partial charge in [-0.05, 0) is 18.1 Å². The first kappa shape index (κ1) is 16.3. The Balaban J connectivity index is 1.70. The number of halogens is 3. The maximum atomic E-state index is 12.3. The van der Waals surface area contributed by atoms with E-state index in [9.17, 15) is 18.0 Å². The summed E-state index contributed by atoms with van der Waals surface area (Å²) >= 11 is 0.495.